The van der Waals surface area contributed by atoms with Gasteiger partial charge in [0, 0.05) is 12.1 Å². The van der Waals surface area contributed by atoms with Gasteiger partial charge in [-0.2, -0.15) is 0 Å². The van der Waals surface area contributed by atoms with E-state index in [1.165, 1.54) is 18.2 Å². The predicted molar refractivity (Wildman–Crippen MR) is 74.9 cm³/mol. The number of anilines is 1. The van der Waals surface area contributed by atoms with Crippen LogP contribution in [0.1, 0.15) is 25.7 Å². The summed E-state index contributed by atoms with van der Waals surface area (Å²) < 4.78 is 13.0. The van der Waals surface area contributed by atoms with Gasteiger partial charge in [-0.25, -0.2) is 4.39 Å². The molecule has 1 saturated heterocycles. The first kappa shape index (κ1) is 14.3. The van der Waals surface area contributed by atoms with Crippen molar-refractivity contribution in [3.05, 3.63) is 29.0 Å². The lowest BCUT2D eigenvalue weighted by Crippen LogP contribution is -2.28. The molecule has 2 N–H and O–H groups in total. The van der Waals surface area contributed by atoms with Gasteiger partial charge in [-0.3, -0.25) is 4.79 Å². The van der Waals surface area contributed by atoms with E-state index < -0.39 is 5.82 Å². The lowest BCUT2D eigenvalue weighted by molar-refractivity contribution is -0.116. The van der Waals surface area contributed by atoms with Crippen LogP contribution in [0.4, 0.5) is 10.1 Å². The zero-order chi connectivity index (χ0) is 13.7. The zero-order valence-corrected chi connectivity index (χ0v) is 11.5. The van der Waals surface area contributed by atoms with Gasteiger partial charge in [0.05, 0.1) is 5.02 Å². The molecule has 0 atom stereocenters. The Hall–Kier alpha value is -1.13. The molecule has 0 aromatic heterocycles. The predicted octanol–water partition coefficient (Wildman–Crippen LogP) is 3.20. The molecule has 1 fully saturated rings. The first-order chi connectivity index (χ1) is 9.15. The third-order valence-corrected chi connectivity index (χ3v) is 3.73. The van der Waals surface area contributed by atoms with Gasteiger partial charge < -0.3 is 10.6 Å². The van der Waals surface area contributed by atoms with Gasteiger partial charge in [0.25, 0.3) is 0 Å². The van der Waals surface area contributed by atoms with Crippen LogP contribution in [0.25, 0.3) is 0 Å². The number of nitrogens with one attached hydrogen (secondary N) is 2. The van der Waals surface area contributed by atoms with Crippen LogP contribution in [0.3, 0.4) is 0 Å². The van der Waals surface area contributed by atoms with E-state index in [1.54, 1.807) is 0 Å². The summed E-state index contributed by atoms with van der Waals surface area (Å²) in [7, 11) is 0. The molecule has 104 valence electrons. The largest absolute Gasteiger partial charge is 0.326 e. The third-order valence-electron chi connectivity index (χ3n) is 3.44. The molecule has 1 aromatic rings. The lowest BCUT2D eigenvalue weighted by Gasteiger charge is -2.22. The van der Waals surface area contributed by atoms with Crippen molar-refractivity contribution >= 4 is 23.2 Å². The van der Waals surface area contributed by atoms with E-state index in [-0.39, 0.29) is 10.9 Å². The highest BCUT2D eigenvalue weighted by molar-refractivity contribution is 6.31. The first-order valence-corrected chi connectivity index (χ1v) is 6.98. The van der Waals surface area contributed by atoms with Crippen molar-refractivity contribution < 1.29 is 9.18 Å². The fourth-order valence-corrected chi connectivity index (χ4v) is 2.48. The van der Waals surface area contributed by atoms with Gasteiger partial charge in [-0.1, -0.05) is 11.6 Å². The molecule has 5 heteroatoms. The second kappa shape index (κ2) is 6.87. The van der Waals surface area contributed by atoms with E-state index in [0.29, 0.717) is 18.0 Å². The Morgan fingerprint density at radius 1 is 1.42 bits per heavy atom. The van der Waals surface area contributed by atoms with E-state index in [2.05, 4.69) is 10.6 Å². The standard InChI is InChI=1S/C14H18ClFN2O/c15-12-9-11(2-3-13(12)16)18-14(19)4-1-10-5-7-17-8-6-10/h2-3,9-10,17H,1,4-8H2,(H,18,19). The molecule has 2 rings (SSSR count). The minimum atomic E-state index is -0.477. The highest BCUT2D eigenvalue weighted by Gasteiger charge is 2.14. The topological polar surface area (TPSA) is 41.1 Å². The van der Waals surface area contributed by atoms with Crippen molar-refractivity contribution in [3.8, 4) is 0 Å². The van der Waals surface area contributed by atoms with Crippen LogP contribution in [-0.4, -0.2) is 19.0 Å². The molecule has 0 radical (unpaired) electrons. The van der Waals surface area contributed by atoms with Crippen LogP contribution in [0, 0.1) is 11.7 Å². The van der Waals surface area contributed by atoms with Crippen LogP contribution in [-0.2, 0) is 4.79 Å². The van der Waals surface area contributed by atoms with Crippen LogP contribution in [0.15, 0.2) is 18.2 Å². The summed E-state index contributed by atoms with van der Waals surface area (Å²) in [5, 5.41) is 6.07. The van der Waals surface area contributed by atoms with Crippen LogP contribution in [0.5, 0.6) is 0 Å². The molecule has 0 aliphatic carbocycles. The molecule has 1 aliphatic rings. The molecule has 0 spiro atoms. The number of carbonyl (C=O) groups is 1. The van der Waals surface area contributed by atoms with E-state index in [4.69, 9.17) is 11.6 Å². The van der Waals surface area contributed by atoms with Gasteiger partial charge in [0.15, 0.2) is 0 Å². The van der Waals surface area contributed by atoms with Crippen LogP contribution in [0.2, 0.25) is 5.02 Å². The number of benzene rings is 1. The molecular formula is C14H18ClFN2O. The zero-order valence-electron chi connectivity index (χ0n) is 10.7. The van der Waals surface area contributed by atoms with Crippen molar-refractivity contribution in [2.45, 2.75) is 25.7 Å². The second-order valence-corrected chi connectivity index (χ2v) is 5.32. The van der Waals surface area contributed by atoms with Crippen molar-refractivity contribution in [2.24, 2.45) is 5.92 Å². The summed E-state index contributed by atoms with van der Waals surface area (Å²) in [6.07, 6.45) is 3.67. The molecule has 19 heavy (non-hydrogen) atoms. The molecular weight excluding hydrogens is 267 g/mol. The number of amides is 1. The maximum Gasteiger partial charge on any atom is 0.224 e. The Labute approximate surface area is 117 Å². The Morgan fingerprint density at radius 2 is 2.16 bits per heavy atom. The van der Waals surface area contributed by atoms with Crippen molar-refractivity contribution in [1.82, 2.24) is 5.32 Å². The minimum Gasteiger partial charge on any atom is -0.326 e. The normalized spacial score (nSPS) is 16.3. The van der Waals surface area contributed by atoms with Crippen molar-refractivity contribution in [1.29, 1.82) is 0 Å². The van der Waals surface area contributed by atoms with Crippen LogP contribution < -0.4 is 10.6 Å². The van der Waals surface area contributed by atoms with E-state index in [0.717, 1.165) is 32.4 Å². The van der Waals surface area contributed by atoms with Gasteiger partial charge in [0.1, 0.15) is 5.82 Å². The fourth-order valence-electron chi connectivity index (χ4n) is 2.30. The molecule has 0 unspecified atom stereocenters. The molecule has 1 amide bonds. The minimum absolute atomic E-state index is 0.0242. The highest BCUT2D eigenvalue weighted by atomic mass is 35.5. The van der Waals surface area contributed by atoms with Crippen molar-refractivity contribution in [2.75, 3.05) is 18.4 Å². The number of hydrogen-bond acceptors (Lipinski definition) is 2. The van der Waals surface area contributed by atoms with E-state index in [1.807, 2.05) is 0 Å². The maximum atomic E-state index is 13.0. The summed E-state index contributed by atoms with van der Waals surface area (Å²) in [5.41, 5.74) is 0.543. The quantitative estimate of drug-likeness (QED) is 0.891. The molecule has 1 aliphatic heterocycles. The highest BCUT2D eigenvalue weighted by Crippen LogP contribution is 2.21. The number of piperidine rings is 1. The number of rotatable bonds is 4. The lowest BCUT2D eigenvalue weighted by atomic mass is 9.93. The van der Waals surface area contributed by atoms with Crippen LogP contribution >= 0.6 is 11.6 Å². The average molecular weight is 285 g/mol. The van der Waals surface area contributed by atoms with E-state index in [9.17, 15) is 9.18 Å². The fraction of sp³-hybridized carbons (Fsp3) is 0.500. The van der Waals surface area contributed by atoms with Gasteiger partial charge in [-0.15, -0.1) is 0 Å². The van der Waals surface area contributed by atoms with Crippen molar-refractivity contribution in [3.63, 3.8) is 0 Å². The second-order valence-electron chi connectivity index (χ2n) is 4.91. The molecule has 0 bridgehead atoms. The Balaban J connectivity index is 1.78. The summed E-state index contributed by atoms with van der Waals surface area (Å²) >= 11 is 5.66. The number of halogens is 2. The summed E-state index contributed by atoms with van der Waals surface area (Å²) in [6, 6.07) is 4.20. The molecule has 3 nitrogen and oxygen atoms in total. The summed E-state index contributed by atoms with van der Waals surface area (Å²) in [5.74, 6) is 0.111. The maximum absolute atomic E-state index is 13.0. The smallest absolute Gasteiger partial charge is 0.224 e. The monoisotopic (exact) mass is 284 g/mol. The number of carbonyl (C=O) groups excluding carboxylic acids is 1. The SMILES string of the molecule is O=C(CCC1CCNCC1)Nc1ccc(F)c(Cl)c1. The van der Waals surface area contributed by atoms with E-state index >= 15 is 0 Å². The Kier molecular flexibility index (Phi) is 5.16. The van der Waals surface area contributed by atoms with Gasteiger partial charge in [0.2, 0.25) is 5.91 Å². The average Bonchev–Trinajstić information content (AvgIpc) is 2.42. The molecule has 1 aromatic carbocycles. The number of hydrogen-bond donors (Lipinski definition) is 2. The van der Waals surface area contributed by atoms with Gasteiger partial charge in [-0.05, 0) is 56.5 Å². The third kappa shape index (κ3) is 4.48. The molecule has 1 heterocycles. The Bertz CT molecular complexity index is 447. The summed E-state index contributed by atoms with van der Waals surface area (Å²) in [4.78, 5) is 11.8. The first-order valence-electron chi connectivity index (χ1n) is 6.61. The molecule has 0 saturated carbocycles. The Morgan fingerprint density at radius 3 is 2.84 bits per heavy atom. The summed E-state index contributed by atoms with van der Waals surface area (Å²) in [6.45, 7) is 2.08. The van der Waals surface area contributed by atoms with Gasteiger partial charge >= 0.3 is 0 Å².